The highest BCUT2D eigenvalue weighted by Crippen LogP contribution is 2.29. The van der Waals surface area contributed by atoms with Crippen molar-refractivity contribution in [2.75, 3.05) is 13.1 Å². The summed E-state index contributed by atoms with van der Waals surface area (Å²) in [6.07, 6.45) is 7.21. The Morgan fingerprint density at radius 1 is 1.19 bits per heavy atom. The molecule has 0 atom stereocenters. The minimum absolute atomic E-state index is 0.667. The van der Waals surface area contributed by atoms with E-state index in [1.54, 1.807) is 0 Å². The van der Waals surface area contributed by atoms with E-state index in [0.717, 1.165) is 24.8 Å². The third-order valence-electron chi connectivity index (χ3n) is 5.85. The second-order valence-corrected chi connectivity index (χ2v) is 9.06. The molecule has 2 aromatic rings. The van der Waals surface area contributed by atoms with Crippen molar-refractivity contribution in [3.05, 3.63) is 41.2 Å². The number of benzene rings is 1. The summed E-state index contributed by atoms with van der Waals surface area (Å²) >= 11 is 0. The lowest BCUT2D eigenvalue weighted by Crippen LogP contribution is -2.32. The van der Waals surface area contributed by atoms with Gasteiger partial charge in [-0.1, -0.05) is 18.6 Å². The quantitative estimate of drug-likeness (QED) is 0.811. The number of hydrogen-bond donors (Lipinski definition) is 1. The molecule has 0 amide bonds. The van der Waals surface area contributed by atoms with E-state index in [0.29, 0.717) is 6.42 Å². The molecule has 0 radical (unpaired) electrons. The molecule has 1 N–H and O–H groups in total. The number of aliphatic hydroxyl groups is 1. The first kappa shape index (κ1) is 20.1. The van der Waals surface area contributed by atoms with Crippen molar-refractivity contribution in [2.45, 2.75) is 72.6 Å². The molecule has 0 spiro atoms. The van der Waals surface area contributed by atoms with E-state index in [1.807, 2.05) is 26.2 Å². The number of imidazole rings is 1. The Hall–Kier alpha value is -1.65. The van der Waals surface area contributed by atoms with Crippen molar-refractivity contribution in [2.24, 2.45) is 5.92 Å². The van der Waals surface area contributed by atoms with Crippen LogP contribution in [0.25, 0.3) is 11.4 Å². The van der Waals surface area contributed by atoms with Crippen LogP contribution >= 0.6 is 0 Å². The van der Waals surface area contributed by atoms with Gasteiger partial charge in [0.1, 0.15) is 5.82 Å². The van der Waals surface area contributed by atoms with E-state index in [9.17, 15) is 5.11 Å². The maximum Gasteiger partial charge on any atom is 0.140 e. The van der Waals surface area contributed by atoms with Crippen LogP contribution in [0.15, 0.2) is 24.5 Å². The molecule has 1 saturated heterocycles. The van der Waals surface area contributed by atoms with Crippen molar-refractivity contribution in [1.82, 2.24) is 14.5 Å². The molecule has 1 aromatic heterocycles. The van der Waals surface area contributed by atoms with Crippen molar-refractivity contribution >= 4 is 0 Å². The highest BCUT2D eigenvalue weighted by Gasteiger charge is 2.19. The fourth-order valence-corrected chi connectivity index (χ4v) is 3.92. The SMILES string of the molecule is Cc1cc(CN2CCC(C)CC2)c(C)c(-c2nccn2CCC(C)(C)O)c1. The molecule has 3 rings (SSSR count). The number of aromatic nitrogens is 2. The van der Waals surface area contributed by atoms with Gasteiger partial charge >= 0.3 is 0 Å². The van der Waals surface area contributed by atoms with Gasteiger partial charge in [-0.15, -0.1) is 0 Å². The van der Waals surface area contributed by atoms with Crippen LogP contribution in [0.1, 0.15) is 56.7 Å². The first-order valence-corrected chi connectivity index (χ1v) is 10.3. The first-order chi connectivity index (χ1) is 12.7. The summed E-state index contributed by atoms with van der Waals surface area (Å²) < 4.78 is 2.17. The first-order valence-electron chi connectivity index (χ1n) is 10.3. The average Bonchev–Trinajstić information content (AvgIpc) is 3.06. The van der Waals surface area contributed by atoms with Gasteiger partial charge in [-0.05, 0) is 83.2 Å². The molecule has 1 fully saturated rings. The van der Waals surface area contributed by atoms with Crippen molar-refractivity contribution in [3.63, 3.8) is 0 Å². The highest BCUT2D eigenvalue weighted by atomic mass is 16.3. The summed E-state index contributed by atoms with van der Waals surface area (Å²) in [5, 5.41) is 10.1. The van der Waals surface area contributed by atoms with Gasteiger partial charge < -0.3 is 9.67 Å². The normalized spacial score (nSPS) is 16.8. The van der Waals surface area contributed by atoms with E-state index >= 15 is 0 Å². The molecule has 0 aliphatic carbocycles. The van der Waals surface area contributed by atoms with E-state index in [4.69, 9.17) is 0 Å². The van der Waals surface area contributed by atoms with Crippen molar-refractivity contribution < 1.29 is 5.11 Å². The molecule has 27 heavy (non-hydrogen) atoms. The minimum Gasteiger partial charge on any atom is -0.390 e. The number of hydrogen-bond acceptors (Lipinski definition) is 3. The summed E-state index contributed by atoms with van der Waals surface area (Å²) in [7, 11) is 0. The van der Waals surface area contributed by atoms with Crippen molar-refractivity contribution in [1.29, 1.82) is 0 Å². The molecular weight excluding hydrogens is 334 g/mol. The molecule has 1 aliphatic rings. The van der Waals surface area contributed by atoms with Crippen LogP contribution in [0.5, 0.6) is 0 Å². The molecule has 4 nitrogen and oxygen atoms in total. The second kappa shape index (κ2) is 8.15. The molecule has 148 valence electrons. The summed E-state index contributed by atoms with van der Waals surface area (Å²) in [6.45, 7) is 14.7. The molecule has 0 unspecified atom stereocenters. The van der Waals surface area contributed by atoms with Crippen LogP contribution in [-0.2, 0) is 13.1 Å². The van der Waals surface area contributed by atoms with Crippen LogP contribution in [0.4, 0.5) is 0 Å². The summed E-state index contributed by atoms with van der Waals surface area (Å²) in [5.74, 6) is 1.87. The van der Waals surface area contributed by atoms with Gasteiger partial charge in [0, 0.05) is 31.0 Å². The zero-order chi connectivity index (χ0) is 19.6. The molecule has 2 heterocycles. The summed E-state index contributed by atoms with van der Waals surface area (Å²) in [5.41, 5.74) is 4.58. The van der Waals surface area contributed by atoms with Crippen LogP contribution in [-0.4, -0.2) is 38.2 Å². The van der Waals surface area contributed by atoms with E-state index in [2.05, 4.69) is 47.4 Å². The molecule has 4 heteroatoms. The smallest absolute Gasteiger partial charge is 0.140 e. The summed E-state index contributed by atoms with van der Waals surface area (Å²) in [6, 6.07) is 4.58. The zero-order valence-electron chi connectivity index (χ0n) is 17.6. The van der Waals surface area contributed by atoms with Crippen LogP contribution < -0.4 is 0 Å². The van der Waals surface area contributed by atoms with Gasteiger partial charge in [0.05, 0.1) is 5.60 Å². The largest absolute Gasteiger partial charge is 0.390 e. The van der Waals surface area contributed by atoms with Crippen LogP contribution in [0.3, 0.4) is 0 Å². The number of aryl methyl sites for hydroxylation is 2. The lowest BCUT2D eigenvalue weighted by Gasteiger charge is -2.31. The Balaban J connectivity index is 1.85. The zero-order valence-corrected chi connectivity index (χ0v) is 17.6. The molecule has 1 aliphatic heterocycles. The Morgan fingerprint density at radius 2 is 1.89 bits per heavy atom. The maximum atomic E-state index is 10.1. The van der Waals surface area contributed by atoms with Gasteiger partial charge in [0.15, 0.2) is 0 Å². The third-order valence-corrected chi connectivity index (χ3v) is 5.85. The predicted molar refractivity (Wildman–Crippen MR) is 112 cm³/mol. The standard InChI is InChI=1S/C23H35N3O/c1-17-6-10-25(11-7-17)16-20-14-18(2)15-21(19(20)3)22-24-9-13-26(22)12-8-23(4,5)27/h9,13-15,17,27H,6-8,10-12,16H2,1-5H3. The van der Waals surface area contributed by atoms with E-state index in [-0.39, 0.29) is 0 Å². The predicted octanol–water partition coefficient (Wildman–Crippen LogP) is 4.56. The average molecular weight is 370 g/mol. The fraction of sp³-hybridized carbons (Fsp3) is 0.609. The van der Waals surface area contributed by atoms with Gasteiger partial charge in [0.25, 0.3) is 0 Å². The Morgan fingerprint density at radius 3 is 2.56 bits per heavy atom. The van der Waals surface area contributed by atoms with Crippen LogP contribution in [0, 0.1) is 19.8 Å². The number of piperidine rings is 1. The van der Waals surface area contributed by atoms with Gasteiger partial charge in [-0.25, -0.2) is 4.98 Å². The minimum atomic E-state index is -0.667. The topological polar surface area (TPSA) is 41.3 Å². The molecule has 0 bridgehead atoms. The fourth-order valence-electron chi connectivity index (χ4n) is 3.92. The van der Waals surface area contributed by atoms with Gasteiger partial charge in [0.2, 0.25) is 0 Å². The Bertz CT molecular complexity index is 764. The number of nitrogens with zero attached hydrogens (tertiary/aromatic N) is 3. The lowest BCUT2D eigenvalue weighted by atomic mass is 9.95. The molecular formula is C23H35N3O. The number of likely N-dealkylation sites (tertiary alicyclic amines) is 1. The van der Waals surface area contributed by atoms with Crippen LogP contribution in [0.2, 0.25) is 0 Å². The molecule has 1 aromatic carbocycles. The van der Waals surface area contributed by atoms with Gasteiger partial charge in [-0.3, -0.25) is 4.90 Å². The maximum absolute atomic E-state index is 10.1. The monoisotopic (exact) mass is 369 g/mol. The Kier molecular flexibility index (Phi) is 6.07. The van der Waals surface area contributed by atoms with E-state index < -0.39 is 5.60 Å². The highest BCUT2D eigenvalue weighted by molar-refractivity contribution is 5.64. The third kappa shape index (κ3) is 5.20. The van der Waals surface area contributed by atoms with Gasteiger partial charge in [-0.2, -0.15) is 0 Å². The lowest BCUT2D eigenvalue weighted by molar-refractivity contribution is 0.0663. The summed E-state index contributed by atoms with van der Waals surface area (Å²) in [4.78, 5) is 7.24. The number of rotatable bonds is 6. The van der Waals surface area contributed by atoms with E-state index in [1.165, 1.54) is 48.2 Å². The molecule has 0 saturated carbocycles. The Labute approximate surface area is 164 Å². The van der Waals surface area contributed by atoms with Crippen molar-refractivity contribution in [3.8, 4) is 11.4 Å². The second-order valence-electron chi connectivity index (χ2n) is 9.06.